The van der Waals surface area contributed by atoms with Crippen LogP contribution in [0.15, 0.2) is 91.0 Å². The van der Waals surface area contributed by atoms with E-state index < -0.39 is 0 Å². The van der Waals surface area contributed by atoms with Gasteiger partial charge in [-0.1, -0.05) is 66.7 Å². The molecule has 0 saturated carbocycles. The molecule has 26 heavy (non-hydrogen) atoms. The van der Waals surface area contributed by atoms with Gasteiger partial charge in [-0.2, -0.15) is 0 Å². The average Bonchev–Trinajstić information content (AvgIpc) is 2.70. The van der Waals surface area contributed by atoms with Crippen LogP contribution in [0.25, 0.3) is 0 Å². The van der Waals surface area contributed by atoms with E-state index in [1.54, 1.807) is 0 Å². The molecule has 0 saturated heterocycles. The first-order valence-electron chi connectivity index (χ1n) is 8.88. The zero-order chi connectivity index (χ0) is 18.2. The maximum absolute atomic E-state index is 13.0. The minimum Gasteiger partial charge on any atom is -0.307 e. The molecule has 0 N–H and O–H groups in total. The van der Waals surface area contributed by atoms with E-state index in [1.807, 2.05) is 71.6 Å². The Kier molecular flexibility index (Phi) is 6.18. The van der Waals surface area contributed by atoms with Crippen molar-refractivity contribution >= 4 is 11.6 Å². The lowest BCUT2D eigenvalue weighted by Crippen LogP contribution is -2.37. The monoisotopic (exact) mass is 344 g/mol. The highest BCUT2D eigenvalue weighted by atomic mass is 16.2. The van der Waals surface area contributed by atoms with Gasteiger partial charge in [-0.05, 0) is 36.9 Å². The van der Waals surface area contributed by atoms with Gasteiger partial charge in [0.25, 0.3) is 5.91 Å². The van der Waals surface area contributed by atoms with E-state index in [1.165, 1.54) is 5.56 Å². The number of hydrogen-bond donors (Lipinski definition) is 0. The topological polar surface area (TPSA) is 23.6 Å². The second-order valence-electron chi connectivity index (χ2n) is 6.38. The Bertz CT molecular complexity index is 803. The van der Waals surface area contributed by atoms with Crippen molar-refractivity contribution in [2.24, 2.45) is 0 Å². The summed E-state index contributed by atoms with van der Waals surface area (Å²) in [5.41, 5.74) is 2.91. The molecule has 0 fully saturated rings. The van der Waals surface area contributed by atoms with Crippen LogP contribution in [0.4, 0.5) is 5.69 Å². The van der Waals surface area contributed by atoms with Crippen molar-refractivity contribution in [1.29, 1.82) is 0 Å². The third-order valence-electron chi connectivity index (χ3n) is 4.33. The highest BCUT2D eigenvalue weighted by Crippen LogP contribution is 2.17. The van der Waals surface area contributed by atoms with E-state index in [2.05, 4.69) is 36.2 Å². The van der Waals surface area contributed by atoms with Crippen LogP contribution in [0, 0.1) is 0 Å². The van der Waals surface area contributed by atoms with Crippen LogP contribution in [0.1, 0.15) is 15.9 Å². The van der Waals surface area contributed by atoms with Crippen molar-refractivity contribution in [3.8, 4) is 0 Å². The third kappa shape index (κ3) is 4.80. The molecule has 0 aliphatic rings. The Balaban J connectivity index is 1.71. The molecule has 132 valence electrons. The quantitative estimate of drug-likeness (QED) is 0.631. The molecule has 3 aromatic carbocycles. The van der Waals surface area contributed by atoms with E-state index in [4.69, 9.17) is 0 Å². The first-order valence-corrected chi connectivity index (χ1v) is 8.88. The molecule has 0 aliphatic carbocycles. The zero-order valence-electron chi connectivity index (χ0n) is 15.1. The average molecular weight is 344 g/mol. The molecule has 0 heterocycles. The van der Waals surface area contributed by atoms with Gasteiger partial charge in [0.2, 0.25) is 0 Å². The van der Waals surface area contributed by atoms with Crippen molar-refractivity contribution in [3.63, 3.8) is 0 Å². The number of hydrogen-bond acceptors (Lipinski definition) is 2. The fourth-order valence-electron chi connectivity index (χ4n) is 2.94. The second-order valence-corrected chi connectivity index (χ2v) is 6.38. The van der Waals surface area contributed by atoms with Crippen LogP contribution in [0.2, 0.25) is 0 Å². The van der Waals surface area contributed by atoms with Gasteiger partial charge in [-0.25, -0.2) is 0 Å². The van der Waals surface area contributed by atoms with Crippen molar-refractivity contribution in [1.82, 2.24) is 4.90 Å². The molecule has 1 amide bonds. The van der Waals surface area contributed by atoms with E-state index in [0.717, 1.165) is 18.8 Å². The van der Waals surface area contributed by atoms with E-state index in [9.17, 15) is 4.79 Å². The fourth-order valence-corrected chi connectivity index (χ4v) is 2.94. The highest BCUT2D eigenvalue weighted by Gasteiger charge is 2.17. The molecule has 3 aromatic rings. The SMILES string of the molecule is CN(CCN(C(=O)c1ccccc1)c1ccccc1)Cc1ccccc1. The number of benzene rings is 3. The van der Waals surface area contributed by atoms with Gasteiger partial charge in [0.15, 0.2) is 0 Å². The largest absolute Gasteiger partial charge is 0.307 e. The van der Waals surface area contributed by atoms with Crippen LogP contribution in [0.3, 0.4) is 0 Å². The van der Waals surface area contributed by atoms with Crippen LogP contribution >= 0.6 is 0 Å². The first-order chi connectivity index (χ1) is 12.7. The zero-order valence-corrected chi connectivity index (χ0v) is 15.1. The third-order valence-corrected chi connectivity index (χ3v) is 4.33. The summed E-state index contributed by atoms with van der Waals surface area (Å²) in [5, 5.41) is 0. The molecular weight excluding hydrogens is 320 g/mol. The smallest absolute Gasteiger partial charge is 0.258 e. The summed E-state index contributed by atoms with van der Waals surface area (Å²) in [6.45, 7) is 2.30. The maximum atomic E-state index is 13.0. The standard InChI is InChI=1S/C23H24N2O/c1-24(19-20-11-5-2-6-12-20)17-18-25(22-15-9-4-10-16-22)23(26)21-13-7-3-8-14-21/h2-16H,17-19H2,1H3. The predicted molar refractivity (Wildman–Crippen MR) is 107 cm³/mol. The van der Waals surface area contributed by atoms with Gasteiger partial charge in [0.05, 0.1) is 0 Å². The molecule has 0 aliphatic heterocycles. The van der Waals surface area contributed by atoms with Crippen LogP contribution in [-0.4, -0.2) is 30.9 Å². The minimum atomic E-state index is 0.0323. The summed E-state index contributed by atoms with van der Waals surface area (Å²) in [7, 11) is 2.09. The molecule has 0 aromatic heterocycles. The number of carbonyl (C=O) groups excluding carboxylic acids is 1. The highest BCUT2D eigenvalue weighted by molar-refractivity contribution is 6.06. The van der Waals surface area contributed by atoms with Crippen LogP contribution < -0.4 is 4.90 Å². The summed E-state index contributed by atoms with van der Waals surface area (Å²) >= 11 is 0. The number of likely N-dealkylation sites (N-methyl/N-ethyl adjacent to an activating group) is 1. The normalized spacial score (nSPS) is 10.7. The van der Waals surface area contributed by atoms with Crippen LogP contribution in [0.5, 0.6) is 0 Å². The van der Waals surface area contributed by atoms with Crippen molar-refractivity contribution in [2.75, 3.05) is 25.0 Å². The Morgan fingerprint density at radius 3 is 1.88 bits per heavy atom. The van der Waals surface area contributed by atoms with E-state index in [0.29, 0.717) is 12.1 Å². The number of anilines is 1. The summed E-state index contributed by atoms with van der Waals surface area (Å²) in [6, 6.07) is 29.7. The maximum Gasteiger partial charge on any atom is 0.258 e. The summed E-state index contributed by atoms with van der Waals surface area (Å²) in [5.74, 6) is 0.0323. The second kappa shape index (κ2) is 8.97. The summed E-state index contributed by atoms with van der Waals surface area (Å²) in [6.07, 6.45) is 0. The van der Waals surface area contributed by atoms with Gasteiger partial charge >= 0.3 is 0 Å². The number of amides is 1. The Morgan fingerprint density at radius 2 is 1.27 bits per heavy atom. The van der Waals surface area contributed by atoms with Crippen molar-refractivity contribution in [3.05, 3.63) is 102 Å². The van der Waals surface area contributed by atoms with Gasteiger partial charge in [0.1, 0.15) is 0 Å². The number of nitrogens with zero attached hydrogens (tertiary/aromatic N) is 2. The van der Waals surface area contributed by atoms with Crippen molar-refractivity contribution in [2.45, 2.75) is 6.54 Å². The molecule has 3 nitrogen and oxygen atoms in total. The minimum absolute atomic E-state index is 0.0323. The predicted octanol–water partition coefficient (Wildman–Crippen LogP) is 4.47. The van der Waals surface area contributed by atoms with Crippen molar-refractivity contribution < 1.29 is 4.79 Å². The summed E-state index contributed by atoms with van der Waals surface area (Å²) in [4.78, 5) is 17.1. The Morgan fingerprint density at radius 1 is 0.731 bits per heavy atom. The molecule has 0 radical (unpaired) electrons. The molecule has 0 spiro atoms. The van der Waals surface area contributed by atoms with Gasteiger partial charge in [0, 0.05) is 30.9 Å². The lowest BCUT2D eigenvalue weighted by Gasteiger charge is -2.26. The lowest BCUT2D eigenvalue weighted by molar-refractivity contribution is 0.0984. The molecule has 3 rings (SSSR count). The summed E-state index contributed by atoms with van der Waals surface area (Å²) < 4.78 is 0. The number of rotatable bonds is 7. The Hall–Kier alpha value is -2.91. The molecule has 3 heteroatoms. The Labute approximate surface area is 155 Å². The van der Waals surface area contributed by atoms with Gasteiger partial charge < -0.3 is 9.80 Å². The molecule has 0 bridgehead atoms. The van der Waals surface area contributed by atoms with Crippen LogP contribution in [-0.2, 0) is 6.54 Å². The molecule has 0 unspecified atom stereocenters. The lowest BCUT2D eigenvalue weighted by atomic mass is 10.1. The fraction of sp³-hybridized carbons (Fsp3) is 0.174. The first kappa shape index (κ1) is 17.9. The number of para-hydroxylation sites is 1. The van der Waals surface area contributed by atoms with E-state index >= 15 is 0 Å². The van der Waals surface area contributed by atoms with Gasteiger partial charge in [-0.15, -0.1) is 0 Å². The molecule has 0 atom stereocenters. The molecular formula is C23H24N2O. The number of carbonyl (C=O) groups is 1. The van der Waals surface area contributed by atoms with E-state index in [-0.39, 0.29) is 5.91 Å². The van der Waals surface area contributed by atoms with Gasteiger partial charge in [-0.3, -0.25) is 4.79 Å².